The van der Waals surface area contributed by atoms with Crippen LogP contribution < -0.4 is 10.1 Å². The highest BCUT2D eigenvalue weighted by molar-refractivity contribution is 7.99. The van der Waals surface area contributed by atoms with Crippen molar-refractivity contribution in [1.29, 1.82) is 0 Å². The minimum Gasteiger partial charge on any atom is -0.497 e. The zero-order valence-electron chi connectivity index (χ0n) is 16.9. The SMILES string of the molecule is C=CCn1c(SCC(=O)NCc2ccc(OC)cc2)nnc1-c1ccc([N+](=O)[O-])cc1. The lowest BCUT2D eigenvalue weighted by molar-refractivity contribution is -0.384. The Kier molecular flexibility index (Phi) is 7.39. The molecule has 0 atom stereocenters. The van der Waals surface area contributed by atoms with Crippen LogP contribution in [0.5, 0.6) is 5.75 Å². The molecule has 0 aliphatic heterocycles. The highest BCUT2D eigenvalue weighted by Crippen LogP contribution is 2.25. The van der Waals surface area contributed by atoms with Crippen LogP contribution in [-0.4, -0.2) is 38.5 Å². The predicted octanol–water partition coefficient (Wildman–Crippen LogP) is 3.46. The summed E-state index contributed by atoms with van der Waals surface area (Å²) in [5, 5.41) is 22.7. The monoisotopic (exact) mass is 439 g/mol. The van der Waals surface area contributed by atoms with E-state index in [2.05, 4.69) is 22.1 Å². The van der Waals surface area contributed by atoms with Crippen LogP contribution in [0.1, 0.15) is 5.56 Å². The van der Waals surface area contributed by atoms with E-state index in [0.717, 1.165) is 11.3 Å². The number of nitrogens with one attached hydrogen (secondary N) is 1. The third-order valence-electron chi connectivity index (χ3n) is 4.35. The smallest absolute Gasteiger partial charge is 0.269 e. The quantitative estimate of drug-likeness (QED) is 0.223. The lowest BCUT2D eigenvalue weighted by atomic mass is 10.2. The van der Waals surface area contributed by atoms with Crippen LogP contribution >= 0.6 is 11.8 Å². The van der Waals surface area contributed by atoms with E-state index in [-0.39, 0.29) is 17.3 Å². The van der Waals surface area contributed by atoms with Crippen molar-refractivity contribution in [3.63, 3.8) is 0 Å². The molecule has 1 amide bonds. The number of ether oxygens (including phenoxy) is 1. The zero-order chi connectivity index (χ0) is 22.2. The van der Waals surface area contributed by atoms with Gasteiger partial charge >= 0.3 is 0 Å². The van der Waals surface area contributed by atoms with Crippen molar-refractivity contribution in [1.82, 2.24) is 20.1 Å². The van der Waals surface area contributed by atoms with E-state index in [1.165, 1.54) is 23.9 Å². The molecule has 0 radical (unpaired) electrons. The standard InChI is InChI=1S/C21H21N5O4S/c1-3-12-25-20(16-6-8-17(9-7-16)26(28)29)23-24-21(25)31-14-19(27)22-13-15-4-10-18(30-2)11-5-15/h3-11H,1,12-14H2,2H3,(H,22,27). The molecule has 3 rings (SSSR count). The Labute approximate surface area is 183 Å². The van der Waals surface area contributed by atoms with E-state index in [0.29, 0.717) is 29.6 Å². The number of non-ortho nitro benzene ring substituents is 1. The fourth-order valence-electron chi connectivity index (χ4n) is 2.76. The third-order valence-corrected chi connectivity index (χ3v) is 5.31. The fourth-order valence-corrected chi connectivity index (χ4v) is 3.54. The Hall–Kier alpha value is -3.66. The van der Waals surface area contributed by atoms with Crippen LogP contribution in [0.3, 0.4) is 0 Å². The van der Waals surface area contributed by atoms with Crippen LogP contribution in [0.2, 0.25) is 0 Å². The lowest BCUT2D eigenvalue weighted by Gasteiger charge is -2.08. The second kappa shape index (κ2) is 10.4. The van der Waals surface area contributed by atoms with Gasteiger partial charge in [0.1, 0.15) is 5.75 Å². The minimum absolute atomic E-state index is 0.00154. The Morgan fingerprint density at radius 3 is 2.55 bits per heavy atom. The van der Waals surface area contributed by atoms with Gasteiger partial charge in [0.25, 0.3) is 5.69 Å². The van der Waals surface area contributed by atoms with Gasteiger partial charge in [-0.25, -0.2) is 0 Å². The first-order valence-electron chi connectivity index (χ1n) is 9.33. The molecular formula is C21H21N5O4S. The van der Waals surface area contributed by atoms with E-state index in [9.17, 15) is 14.9 Å². The molecule has 1 heterocycles. The topological polar surface area (TPSA) is 112 Å². The fraction of sp³-hybridized carbons (Fsp3) is 0.190. The largest absolute Gasteiger partial charge is 0.497 e. The second-order valence-electron chi connectivity index (χ2n) is 6.42. The number of benzene rings is 2. The highest BCUT2D eigenvalue weighted by Gasteiger charge is 2.16. The van der Waals surface area contributed by atoms with Gasteiger partial charge in [-0.3, -0.25) is 19.5 Å². The number of thioether (sulfide) groups is 1. The van der Waals surface area contributed by atoms with E-state index in [1.54, 1.807) is 25.3 Å². The van der Waals surface area contributed by atoms with Gasteiger partial charge < -0.3 is 10.1 Å². The molecule has 0 unspecified atom stereocenters. The summed E-state index contributed by atoms with van der Waals surface area (Å²) >= 11 is 1.26. The van der Waals surface area contributed by atoms with Gasteiger partial charge in [-0.1, -0.05) is 30.0 Å². The number of methoxy groups -OCH3 is 1. The highest BCUT2D eigenvalue weighted by atomic mass is 32.2. The van der Waals surface area contributed by atoms with Crippen LogP contribution in [0.25, 0.3) is 11.4 Å². The summed E-state index contributed by atoms with van der Waals surface area (Å²) in [6, 6.07) is 13.5. The van der Waals surface area contributed by atoms with E-state index < -0.39 is 4.92 Å². The molecule has 2 aromatic carbocycles. The number of nitrogens with zero attached hydrogens (tertiary/aromatic N) is 4. The molecule has 3 aromatic rings. The number of hydrogen-bond acceptors (Lipinski definition) is 7. The maximum absolute atomic E-state index is 12.3. The molecule has 1 aromatic heterocycles. The number of aromatic nitrogens is 3. The lowest BCUT2D eigenvalue weighted by Crippen LogP contribution is -2.24. The number of amides is 1. The van der Waals surface area contributed by atoms with Gasteiger partial charge in [0, 0.05) is 30.8 Å². The first-order chi connectivity index (χ1) is 15.0. The summed E-state index contributed by atoms with van der Waals surface area (Å²) in [5.74, 6) is 1.35. The first-order valence-corrected chi connectivity index (χ1v) is 10.3. The third kappa shape index (κ3) is 5.70. The van der Waals surface area contributed by atoms with Crippen molar-refractivity contribution in [2.75, 3.05) is 12.9 Å². The number of rotatable bonds is 10. The molecule has 31 heavy (non-hydrogen) atoms. The summed E-state index contributed by atoms with van der Waals surface area (Å²) in [5.41, 5.74) is 1.66. The number of nitro groups is 1. The summed E-state index contributed by atoms with van der Waals surface area (Å²) in [6.07, 6.45) is 1.70. The van der Waals surface area contributed by atoms with Crippen molar-refractivity contribution in [3.8, 4) is 17.1 Å². The van der Waals surface area contributed by atoms with Crippen LogP contribution in [0.4, 0.5) is 5.69 Å². The summed E-state index contributed by atoms with van der Waals surface area (Å²) in [7, 11) is 1.60. The van der Waals surface area contributed by atoms with E-state index in [4.69, 9.17) is 4.74 Å². The molecule has 1 N–H and O–H groups in total. The van der Waals surface area contributed by atoms with Gasteiger partial charge in [0.05, 0.1) is 17.8 Å². The van der Waals surface area contributed by atoms with E-state index >= 15 is 0 Å². The first kappa shape index (κ1) is 22.0. The molecule has 0 saturated carbocycles. The number of carbonyl (C=O) groups excluding carboxylic acids is 1. The molecule has 0 saturated heterocycles. The Balaban J connectivity index is 1.63. The minimum atomic E-state index is -0.454. The van der Waals surface area contributed by atoms with E-state index in [1.807, 2.05) is 28.8 Å². The normalized spacial score (nSPS) is 10.5. The van der Waals surface area contributed by atoms with Crippen molar-refractivity contribution in [2.45, 2.75) is 18.2 Å². The Morgan fingerprint density at radius 1 is 1.23 bits per heavy atom. The molecule has 10 heteroatoms. The van der Waals surface area contributed by atoms with Crippen molar-refractivity contribution in [3.05, 3.63) is 76.9 Å². The molecule has 0 aliphatic carbocycles. The molecule has 0 fully saturated rings. The number of hydrogen-bond donors (Lipinski definition) is 1. The molecule has 160 valence electrons. The van der Waals surface area contributed by atoms with Gasteiger partial charge in [-0.15, -0.1) is 16.8 Å². The number of carbonyl (C=O) groups is 1. The number of nitro benzene ring substituents is 1. The Bertz CT molecular complexity index is 1060. The summed E-state index contributed by atoms with van der Waals surface area (Å²) in [6.45, 7) is 4.61. The molecule has 0 spiro atoms. The molecule has 0 aliphatic rings. The summed E-state index contributed by atoms with van der Waals surface area (Å²) < 4.78 is 6.94. The van der Waals surface area contributed by atoms with Crippen molar-refractivity contribution < 1.29 is 14.5 Å². The summed E-state index contributed by atoms with van der Waals surface area (Å²) in [4.78, 5) is 22.7. The van der Waals surface area contributed by atoms with Crippen molar-refractivity contribution >= 4 is 23.4 Å². The van der Waals surface area contributed by atoms with Crippen LogP contribution in [0, 0.1) is 10.1 Å². The average Bonchev–Trinajstić information content (AvgIpc) is 3.19. The zero-order valence-corrected chi connectivity index (χ0v) is 17.7. The number of allylic oxidation sites excluding steroid dienone is 1. The Morgan fingerprint density at radius 2 is 1.94 bits per heavy atom. The maximum Gasteiger partial charge on any atom is 0.269 e. The van der Waals surface area contributed by atoms with Crippen LogP contribution in [-0.2, 0) is 17.9 Å². The molecule has 9 nitrogen and oxygen atoms in total. The molecular weight excluding hydrogens is 418 g/mol. The van der Waals surface area contributed by atoms with Crippen LogP contribution in [0.15, 0.2) is 66.3 Å². The van der Waals surface area contributed by atoms with Crippen molar-refractivity contribution in [2.24, 2.45) is 0 Å². The van der Waals surface area contributed by atoms with Gasteiger partial charge in [0.15, 0.2) is 11.0 Å². The predicted molar refractivity (Wildman–Crippen MR) is 118 cm³/mol. The van der Waals surface area contributed by atoms with Gasteiger partial charge in [-0.05, 0) is 29.8 Å². The second-order valence-corrected chi connectivity index (χ2v) is 7.37. The molecule has 0 bridgehead atoms. The maximum atomic E-state index is 12.3. The van der Waals surface area contributed by atoms with Gasteiger partial charge in [0.2, 0.25) is 5.91 Å². The van der Waals surface area contributed by atoms with Gasteiger partial charge in [-0.2, -0.15) is 0 Å². The average molecular weight is 439 g/mol.